The average molecular weight is 639 g/mol. The molecule has 2 rings (SSSR count). The lowest BCUT2D eigenvalue weighted by molar-refractivity contribution is -0.143. The van der Waals surface area contributed by atoms with E-state index in [1.165, 1.54) is 11.3 Å². The van der Waals surface area contributed by atoms with Crippen molar-refractivity contribution in [2.24, 2.45) is 0 Å². The standard InChI is InChI=1S/C28H42N4O9SSi/c1-28(2,3)43(5,6)41-16-21(23(34)30-20(14-33)26(36)37)31-24(35)22-17-42-25(32-22)19-10-8-18(9-11-19)15-40-27(38)29-12-7-13-39-4/h8-11,17,20-21,33H,7,12-16H2,1-6H3,(H,29,38)(H,30,34)(H,31,35)(H,36,37)/t20-,21-/m0/s1. The van der Waals surface area contributed by atoms with Gasteiger partial charge < -0.3 is 40.1 Å². The summed E-state index contributed by atoms with van der Waals surface area (Å²) in [5.74, 6) is -2.85. The van der Waals surface area contributed by atoms with Crippen LogP contribution in [0.5, 0.6) is 0 Å². The first-order chi connectivity index (χ1) is 20.2. The zero-order valence-corrected chi connectivity index (χ0v) is 27.2. The molecule has 15 heteroatoms. The Balaban J connectivity index is 2.07. The molecule has 2 aromatic rings. The fourth-order valence-corrected chi connectivity index (χ4v) is 5.06. The molecule has 0 aliphatic rings. The first kappa shape index (κ1) is 35.8. The molecule has 0 spiro atoms. The number of thiazole rings is 1. The van der Waals surface area contributed by atoms with Crippen LogP contribution in [-0.4, -0.2) is 93.0 Å². The highest BCUT2D eigenvalue weighted by atomic mass is 32.1. The molecule has 3 amide bonds. The van der Waals surface area contributed by atoms with Crippen molar-refractivity contribution >= 4 is 43.5 Å². The monoisotopic (exact) mass is 638 g/mol. The predicted molar refractivity (Wildman–Crippen MR) is 163 cm³/mol. The number of rotatable bonds is 16. The molecular formula is C28H42N4O9SSi. The Morgan fingerprint density at radius 3 is 2.33 bits per heavy atom. The Kier molecular flexibility index (Phi) is 13.7. The lowest BCUT2D eigenvalue weighted by Gasteiger charge is -2.37. The van der Waals surface area contributed by atoms with Gasteiger partial charge in [-0.2, -0.15) is 0 Å². The fraction of sp³-hybridized carbons (Fsp3) is 0.536. The SMILES string of the molecule is COCCCNC(=O)OCc1ccc(-c2nc(C(=O)N[C@@H](CO[Si](C)(C)C(C)(C)C)C(=O)N[C@@H](CO)C(=O)O)cs2)cc1. The number of benzene rings is 1. The average Bonchev–Trinajstić information content (AvgIpc) is 3.45. The molecule has 0 radical (unpaired) electrons. The summed E-state index contributed by atoms with van der Waals surface area (Å²) in [6.07, 6.45) is 0.161. The molecule has 0 unspecified atom stereocenters. The maximum absolute atomic E-state index is 13.1. The molecule has 2 atom stereocenters. The van der Waals surface area contributed by atoms with Crippen LogP contribution in [0.25, 0.3) is 10.6 Å². The number of ether oxygens (including phenoxy) is 2. The van der Waals surface area contributed by atoms with Crippen LogP contribution >= 0.6 is 11.3 Å². The van der Waals surface area contributed by atoms with Gasteiger partial charge in [-0.15, -0.1) is 11.3 Å². The Labute approximate surface area is 256 Å². The minimum Gasteiger partial charge on any atom is -0.480 e. The van der Waals surface area contributed by atoms with E-state index in [1.807, 2.05) is 33.9 Å². The van der Waals surface area contributed by atoms with E-state index in [9.17, 15) is 29.4 Å². The number of amides is 3. The lowest BCUT2D eigenvalue weighted by Crippen LogP contribution is -2.56. The number of methoxy groups -OCH3 is 1. The molecule has 0 saturated carbocycles. The third-order valence-electron chi connectivity index (χ3n) is 6.94. The van der Waals surface area contributed by atoms with E-state index in [4.69, 9.17) is 13.9 Å². The molecule has 0 aliphatic carbocycles. The highest BCUT2D eigenvalue weighted by molar-refractivity contribution is 7.13. The van der Waals surface area contributed by atoms with Crippen molar-refractivity contribution in [1.29, 1.82) is 0 Å². The molecular weight excluding hydrogens is 596 g/mol. The number of aliphatic hydroxyl groups is 1. The number of carbonyl (C=O) groups excluding carboxylic acids is 3. The van der Waals surface area contributed by atoms with Crippen molar-refractivity contribution in [3.8, 4) is 10.6 Å². The number of aromatic nitrogens is 1. The van der Waals surface area contributed by atoms with Crippen LogP contribution in [-0.2, 0) is 30.1 Å². The summed E-state index contributed by atoms with van der Waals surface area (Å²) in [6, 6.07) is 4.39. The molecule has 0 aliphatic heterocycles. The highest BCUT2D eigenvalue weighted by Gasteiger charge is 2.39. The van der Waals surface area contributed by atoms with Crippen LogP contribution in [0.15, 0.2) is 29.6 Å². The predicted octanol–water partition coefficient (Wildman–Crippen LogP) is 2.75. The van der Waals surface area contributed by atoms with Gasteiger partial charge in [0.2, 0.25) is 5.91 Å². The third-order valence-corrected chi connectivity index (χ3v) is 12.3. The van der Waals surface area contributed by atoms with Crippen LogP contribution in [0, 0.1) is 0 Å². The largest absolute Gasteiger partial charge is 0.480 e. The van der Waals surface area contributed by atoms with Gasteiger partial charge in [0.25, 0.3) is 5.91 Å². The van der Waals surface area contributed by atoms with E-state index in [-0.39, 0.29) is 23.9 Å². The Morgan fingerprint density at radius 2 is 1.74 bits per heavy atom. The number of hydrogen-bond donors (Lipinski definition) is 5. The van der Waals surface area contributed by atoms with E-state index in [2.05, 4.69) is 20.9 Å². The van der Waals surface area contributed by atoms with Crippen LogP contribution in [0.1, 0.15) is 43.2 Å². The van der Waals surface area contributed by atoms with Gasteiger partial charge in [0.1, 0.15) is 29.4 Å². The molecule has 1 heterocycles. The number of aliphatic hydroxyl groups excluding tert-OH is 1. The van der Waals surface area contributed by atoms with Crippen LogP contribution in [0.2, 0.25) is 18.1 Å². The van der Waals surface area contributed by atoms with Crippen molar-refractivity contribution < 1.29 is 43.3 Å². The minimum atomic E-state index is -2.33. The Hall–Kier alpha value is -3.37. The van der Waals surface area contributed by atoms with Gasteiger partial charge in [0.15, 0.2) is 8.32 Å². The quantitative estimate of drug-likeness (QED) is 0.135. The summed E-state index contributed by atoms with van der Waals surface area (Å²) < 4.78 is 16.3. The van der Waals surface area contributed by atoms with Gasteiger partial charge in [-0.05, 0) is 30.1 Å². The maximum Gasteiger partial charge on any atom is 0.407 e. The first-order valence-electron chi connectivity index (χ1n) is 13.7. The summed E-state index contributed by atoms with van der Waals surface area (Å²) in [7, 11) is -0.736. The maximum atomic E-state index is 13.1. The molecule has 1 aromatic carbocycles. The van der Waals surface area contributed by atoms with Gasteiger partial charge >= 0.3 is 12.1 Å². The Bertz CT molecular complexity index is 1230. The summed E-state index contributed by atoms with van der Waals surface area (Å²) in [6.45, 7) is 10.1. The van der Waals surface area contributed by atoms with Crippen molar-refractivity contribution in [3.63, 3.8) is 0 Å². The fourth-order valence-electron chi connectivity index (χ4n) is 3.24. The van der Waals surface area contributed by atoms with Gasteiger partial charge in [0.05, 0.1) is 13.2 Å². The second kappa shape index (κ2) is 16.5. The van der Waals surface area contributed by atoms with Crippen LogP contribution in [0.4, 0.5) is 4.79 Å². The van der Waals surface area contributed by atoms with Crippen molar-refractivity contribution in [3.05, 3.63) is 40.9 Å². The third kappa shape index (κ3) is 11.3. The number of carbonyl (C=O) groups is 4. The van der Waals surface area contributed by atoms with E-state index in [0.717, 1.165) is 11.1 Å². The molecule has 0 bridgehead atoms. The molecule has 0 saturated heterocycles. The molecule has 1 aromatic heterocycles. The number of nitrogens with zero attached hydrogens (tertiary/aromatic N) is 1. The van der Waals surface area contributed by atoms with Gasteiger partial charge in [0, 0.05) is 31.2 Å². The number of carboxylic acids is 1. The van der Waals surface area contributed by atoms with Crippen molar-refractivity contribution in [2.75, 3.05) is 33.5 Å². The van der Waals surface area contributed by atoms with E-state index >= 15 is 0 Å². The zero-order chi connectivity index (χ0) is 32.2. The van der Waals surface area contributed by atoms with E-state index < -0.39 is 50.9 Å². The highest BCUT2D eigenvalue weighted by Crippen LogP contribution is 2.36. The lowest BCUT2D eigenvalue weighted by atomic mass is 10.1. The zero-order valence-electron chi connectivity index (χ0n) is 25.4. The molecule has 238 valence electrons. The number of hydrogen-bond acceptors (Lipinski definition) is 10. The number of nitrogens with one attached hydrogen (secondary N) is 3. The van der Waals surface area contributed by atoms with Gasteiger partial charge in [-0.3, -0.25) is 9.59 Å². The van der Waals surface area contributed by atoms with Gasteiger partial charge in [-0.25, -0.2) is 14.6 Å². The number of alkyl carbamates (subject to hydrolysis) is 1. The molecule has 43 heavy (non-hydrogen) atoms. The van der Waals surface area contributed by atoms with Crippen molar-refractivity contribution in [2.45, 2.75) is 64.0 Å². The summed E-state index contributed by atoms with van der Waals surface area (Å²) in [5, 5.41) is 28.0. The Morgan fingerprint density at radius 1 is 1.07 bits per heavy atom. The molecule has 0 fully saturated rings. The van der Waals surface area contributed by atoms with E-state index in [0.29, 0.717) is 24.6 Å². The smallest absolute Gasteiger partial charge is 0.407 e. The molecule has 13 nitrogen and oxygen atoms in total. The minimum absolute atomic E-state index is 0.0691. The summed E-state index contributed by atoms with van der Waals surface area (Å²) >= 11 is 1.23. The number of carboxylic acid groups (broad SMARTS) is 1. The molecule has 5 N–H and O–H groups in total. The summed E-state index contributed by atoms with van der Waals surface area (Å²) in [5.41, 5.74) is 1.57. The second-order valence-corrected chi connectivity index (χ2v) is 16.9. The van der Waals surface area contributed by atoms with Crippen LogP contribution < -0.4 is 16.0 Å². The van der Waals surface area contributed by atoms with Crippen molar-refractivity contribution in [1.82, 2.24) is 20.9 Å². The first-order valence-corrected chi connectivity index (χ1v) is 17.5. The normalized spacial score (nSPS) is 13.1. The van der Waals surface area contributed by atoms with Crippen LogP contribution in [0.3, 0.4) is 0 Å². The second-order valence-electron chi connectivity index (χ2n) is 11.3. The van der Waals surface area contributed by atoms with Gasteiger partial charge in [-0.1, -0.05) is 45.0 Å². The number of aliphatic carboxylic acids is 1. The topological polar surface area (TPSA) is 185 Å². The van der Waals surface area contributed by atoms with E-state index in [1.54, 1.807) is 36.8 Å². The summed E-state index contributed by atoms with van der Waals surface area (Å²) in [4.78, 5) is 53.6.